The monoisotopic (exact) mass is 298 g/mol. The zero-order valence-electron chi connectivity index (χ0n) is 12.0. The molecule has 6 unspecified atom stereocenters. The second kappa shape index (κ2) is 6.23. The smallest absolute Gasteiger partial charge is 0.0449 e. The van der Waals surface area contributed by atoms with Gasteiger partial charge in [0.1, 0.15) is 0 Å². The second-order valence-corrected chi connectivity index (χ2v) is 7.63. The molecule has 1 N–H and O–H groups in total. The van der Waals surface area contributed by atoms with Crippen LogP contribution in [0.4, 0.5) is 0 Å². The minimum Gasteiger partial charge on any atom is -0.550 e. The molecule has 20 heavy (non-hydrogen) atoms. The highest BCUT2D eigenvalue weighted by atomic mass is 35.5. The van der Waals surface area contributed by atoms with Crippen LogP contribution in [0, 0.1) is 17.8 Å². The van der Waals surface area contributed by atoms with Gasteiger partial charge >= 0.3 is 0 Å². The van der Waals surface area contributed by atoms with Gasteiger partial charge in [-0.1, -0.05) is 19.3 Å². The SMILES string of the molecule is O=C([O-])C1CC(C2CCCC(Cl)C2)NC2CCCCC21. The predicted octanol–water partition coefficient (Wildman–Crippen LogP) is 2.07. The molecule has 0 aromatic carbocycles. The van der Waals surface area contributed by atoms with Gasteiger partial charge in [0.2, 0.25) is 0 Å². The average Bonchev–Trinajstić information content (AvgIpc) is 2.46. The van der Waals surface area contributed by atoms with Crippen LogP contribution in [0.2, 0.25) is 0 Å². The lowest BCUT2D eigenvalue weighted by Gasteiger charge is -2.48. The maximum atomic E-state index is 11.5. The van der Waals surface area contributed by atoms with Crippen LogP contribution in [0.15, 0.2) is 0 Å². The number of halogens is 1. The van der Waals surface area contributed by atoms with E-state index in [0.717, 1.165) is 32.1 Å². The highest BCUT2D eigenvalue weighted by Crippen LogP contribution is 2.41. The van der Waals surface area contributed by atoms with Crippen LogP contribution < -0.4 is 10.4 Å². The van der Waals surface area contributed by atoms with Crippen LogP contribution in [-0.4, -0.2) is 23.4 Å². The number of fused-ring (bicyclic) bond motifs is 1. The molecule has 114 valence electrons. The molecule has 2 saturated carbocycles. The number of aliphatic carboxylic acids is 1. The Morgan fingerprint density at radius 2 is 1.80 bits per heavy atom. The van der Waals surface area contributed by atoms with Gasteiger partial charge in [0.15, 0.2) is 0 Å². The third-order valence-electron chi connectivity index (χ3n) is 5.79. The maximum Gasteiger partial charge on any atom is 0.0449 e. The highest BCUT2D eigenvalue weighted by Gasteiger charge is 2.42. The van der Waals surface area contributed by atoms with E-state index in [2.05, 4.69) is 5.32 Å². The summed E-state index contributed by atoms with van der Waals surface area (Å²) in [7, 11) is 0. The molecule has 3 nitrogen and oxygen atoms in total. The molecule has 0 aromatic heterocycles. The lowest BCUT2D eigenvalue weighted by atomic mass is 9.68. The number of carboxylic acid groups (broad SMARTS) is 1. The van der Waals surface area contributed by atoms with Gasteiger partial charge in [-0.2, -0.15) is 0 Å². The molecule has 1 aliphatic heterocycles. The van der Waals surface area contributed by atoms with Crippen LogP contribution in [0.1, 0.15) is 57.8 Å². The van der Waals surface area contributed by atoms with E-state index in [1.54, 1.807) is 0 Å². The van der Waals surface area contributed by atoms with Crippen molar-refractivity contribution in [3.63, 3.8) is 0 Å². The molecule has 0 bridgehead atoms. The first-order valence-corrected chi connectivity index (χ1v) is 8.69. The quantitative estimate of drug-likeness (QED) is 0.794. The fraction of sp³-hybridized carbons (Fsp3) is 0.938. The number of nitrogens with one attached hydrogen (secondary N) is 1. The number of piperidine rings is 1. The Balaban J connectivity index is 1.71. The van der Waals surface area contributed by atoms with Gasteiger partial charge in [-0.3, -0.25) is 0 Å². The lowest BCUT2D eigenvalue weighted by molar-refractivity contribution is -0.315. The third kappa shape index (κ3) is 2.99. The number of hydrogen-bond acceptors (Lipinski definition) is 3. The Labute approximate surface area is 126 Å². The molecule has 0 amide bonds. The summed E-state index contributed by atoms with van der Waals surface area (Å²) in [6.07, 6.45) is 9.84. The predicted molar refractivity (Wildman–Crippen MR) is 77.4 cm³/mol. The van der Waals surface area contributed by atoms with E-state index >= 15 is 0 Å². The molecule has 0 radical (unpaired) electrons. The molecule has 6 atom stereocenters. The fourth-order valence-corrected chi connectivity index (χ4v) is 5.15. The van der Waals surface area contributed by atoms with Crippen molar-refractivity contribution in [3.8, 4) is 0 Å². The molecule has 0 aromatic rings. The van der Waals surface area contributed by atoms with Crippen molar-refractivity contribution in [2.75, 3.05) is 0 Å². The molecule has 3 rings (SSSR count). The Kier molecular flexibility index (Phi) is 4.56. The van der Waals surface area contributed by atoms with E-state index in [4.69, 9.17) is 11.6 Å². The number of alkyl halides is 1. The zero-order valence-corrected chi connectivity index (χ0v) is 12.8. The van der Waals surface area contributed by atoms with Gasteiger partial charge < -0.3 is 15.2 Å². The molecule has 3 fully saturated rings. The van der Waals surface area contributed by atoms with Gasteiger partial charge in [-0.15, -0.1) is 11.6 Å². The molecular formula is C16H25ClNO2-. The number of rotatable bonds is 2. The molecular weight excluding hydrogens is 274 g/mol. The van der Waals surface area contributed by atoms with Gasteiger partial charge in [0, 0.05) is 29.3 Å². The topological polar surface area (TPSA) is 52.2 Å². The molecule has 2 aliphatic carbocycles. The van der Waals surface area contributed by atoms with Crippen LogP contribution in [0.5, 0.6) is 0 Å². The normalized spacial score (nSPS) is 45.6. The minimum atomic E-state index is -0.827. The largest absolute Gasteiger partial charge is 0.550 e. The third-order valence-corrected chi connectivity index (χ3v) is 6.19. The fourth-order valence-electron chi connectivity index (χ4n) is 4.77. The summed E-state index contributed by atoms with van der Waals surface area (Å²) in [6.45, 7) is 0. The molecule has 3 aliphatic rings. The molecule has 0 spiro atoms. The Morgan fingerprint density at radius 1 is 1.00 bits per heavy atom. The number of carbonyl (C=O) groups is 1. The van der Waals surface area contributed by atoms with Crippen molar-refractivity contribution >= 4 is 17.6 Å². The van der Waals surface area contributed by atoms with E-state index in [1.165, 1.54) is 25.7 Å². The van der Waals surface area contributed by atoms with Crippen molar-refractivity contribution in [2.24, 2.45) is 17.8 Å². The average molecular weight is 299 g/mol. The summed E-state index contributed by atoms with van der Waals surface area (Å²) in [5.74, 6) is -0.231. The summed E-state index contributed by atoms with van der Waals surface area (Å²) in [5, 5.41) is 15.6. The van der Waals surface area contributed by atoms with E-state index < -0.39 is 5.97 Å². The molecule has 1 saturated heterocycles. The van der Waals surface area contributed by atoms with E-state index in [1.807, 2.05) is 0 Å². The summed E-state index contributed by atoms with van der Waals surface area (Å²) in [6, 6.07) is 0.722. The Hall–Kier alpha value is -0.280. The Bertz CT molecular complexity index is 362. The summed E-state index contributed by atoms with van der Waals surface area (Å²) in [4.78, 5) is 11.5. The van der Waals surface area contributed by atoms with E-state index in [9.17, 15) is 9.90 Å². The molecule has 1 heterocycles. The van der Waals surface area contributed by atoms with Crippen LogP contribution >= 0.6 is 11.6 Å². The van der Waals surface area contributed by atoms with E-state index in [0.29, 0.717) is 23.9 Å². The zero-order chi connectivity index (χ0) is 14.1. The molecule has 4 heteroatoms. The van der Waals surface area contributed by atoms with E-state index in [-0.39, 0.29) is 11.3 Å². The van der Waals surface area contributed by atoms with Crippen molar-refractivity contribution in [1.29, 1.82) is 0 Å². The first-order valence-electron chi connectivity index (χ1n) is 8.26. The number of carbonyl (C=O) groups excluding carboxylic acids is 1. The maximum absolute atomic E-state index is 11.5. The van der Waals surface area contributed by atoms with Crippen LogP contribution in [0.3, 0.4) is 0 Å². The first-order chi connectivity index (χ1) is 9.65. The highest BCUT2D eigenvalue weighted by molar-refractivity contribution is 6.20. The lowest BCUT2D eigenvalue weighted by Crippen LogP contribution is -2.58. The summed E-state index contributed by atoms with van der Waals surface area (Å²) < 4.78 is 0. The van der Waals surface area contributed by atoms with Gasteiger partial charge in [-0.25, -0.2) is 0 Å². The van der Waals surface area contributed by atoms with Crippen LogP contribution in [0.25, 0.3) is 0 Å². The second-order valence-electron chi connectivity index (χ2n) is 7.01. The van der Waals surface area contributed by atoms with Crippen molar-refractivity contribution in [3.05, 3.63) is 0 Å². The van der Waals surface area contributed by atoms with Crippen molar-refractivity contribution in [2.45, 2.75) is 75.2 Å². The first kappa shape index (κ1) is 14.6. The van der Waals surface area contributed by atoms with Crippen molar-refractivity contribution < 1.29 is 9.90 Å². The van der Waals surface area contributed by atoms with Gasteiger partial charge in [0.05, 0.1) is 0 Å². The summed E-state index contributed by atoms with van der Waals surface area (Å²) in [5.41, 5.74) is 0. The van der Waals surface area contributed by atoms with Crippen molar-refractivity contribution in [1.82, 2.24) is 5.32 Å². The van der Waals surface area contributed by atoms with Gasteiger partial charge in [-0.05, 0) is 50.4 Å². The summed E-state index contributed by atoms with van der Waals surface area (Å²) >= 11 is 6.31. The van der Waals surface area contributed by atoms with Gasteiger partial charge in [0.25, 0.3) is 0 Å². The van der Waals surface area contributed by atoms with Crippen LogP contribution in [-0.2, 0) is 4.79 Å². The number of hydrogen-bond donors (Lipinski definition) is 1. The number of carboxylic acids is 1. The standard InChI is InChI=1S/C16H26ClNO2/c17-11-5-3-4-10(8-11)15-9-13(16(19)20)12-6-1-2-7-14(12)18-15/h10-15,18H,1-9H2,(H,19,20)/p-1. The minimum absolute atomic E-state index is 0.248. The Morgan fingerprint density at radius 3 is 2.55 bits per heavy atom.